The Balaban J connectivity index is 1.81. The Labute approximate surface area is 120 Å². The SMILES string of the molecule is CC(=O)N1CCN(C(=O)CN2CCCCC2CN)CC1. The minimum atomic E-state index is 0.0938. The molecule has 114 valence electrons. The Hall–Kier alpha value is -1.14. The molecule has 1 atom stereocenters. The van der Waals surface area contributed by atoms with Crippen LogP contribution in [0.15, 0.2) is 0 Å². The molecule has 2 aliphatic heterocycles. The van der Waals surface area contributed by atoms with Gasteiger partial charge in [-0.05, 0) is 19.4 Å². The second-order valence-electron chi connectivity index (χ2n) is 5.74. The van der Waals surface area contributed by atoms with Crippen LogP contribution >= 0.6 is 0 Å². The second-order valence-corrected chi connectivity index (χ2v) is 5.74. The summed E-state index contributed by atoms with van der Waals surface area (Å²) in [5.41, 5.74) is 5.79. The Morgan fingerprint density at radius 3 is 2.30 bits per heavy atom. The van der Waals surface area contributed by atoms with Gasteiger partial charge in [0.15, 0.2) is 0 Å². The molecule has 0 aromatic rings. The molecule has 0 aliphatic carbocycles. The fourth-order valence-electron chi connectivity index (χ4n) is 3.08. The lowest BCUT2D eigenvalue weighted by Crippen LogP contribution is -2.54. The highest BCUT2D eigenvalue weighted by molar-refractivity contribution is 5.79. The van der Waals surface area contributed by atoms with Gasteiger partial charge in [-0.25, -0.2) is 0 Å². The van der Waals surface area contributed by atoms with Crippen molar-refractivity contribution >= 4 is 11.8 Å². The van der Waals surface area contributed by atoms with Crippen LogP contribution in [0.25, 0.3) is 0 Å². The van der Waals surface area contributed by atoms with E-state index in [9.17, 15) is 9.59 Å². The van der Waals surface area contributed by atoms with E-state index in [4.69, 9.17) is 5.73 Å². The van der Waals surface area contributed by atoms with Gasteiger partial charge in [0.05, 0.1) is 6.54 Å². The van der Waals surface area contributed by atoms with Crippen LogP contribution in [0.2, 0.25) is 0 Å². The highest BCUT2D eigenvalue weighted by Crippen LogP contribution is 2.16. The number of hydrogen-bond donors (Lipinski definition) is 1. The average molecular weight is 282 g/mol. The average Bonchev–Trinajstić information content (AvgIpc) is 2.48. The first-order valence-electron chi connectivity index (χ1n) is 7.59. The van der Waals surface area contributed by atoms with Crippen molar-refractivity contribution in [1.82, 2.24) is 14.7 Å². The number of amides is 2. The smallest absolute Gasteiger partial charge is 0.236 e. The first kappa shape index (κ1) is 15.3. The molecule has 6 heteroatoms. The molecule has 0 saturated carbocycles. The van der Waals surface area contributed by atoms with Crippen molar-refractivity contribution in [2.45, 2.75) is 32.2 Å². The number of hydrogen-bond acceptors (Lipinski definition) is 4. The molecule has 0 radical (unpaired) electrons. The standard InChI is InChI=1S/C14H26N4O2/c1-12(19)16-6-8-17(9-7-16)14(20)11-18-5-3-2-4-13(18)10-15/h13H,2-11,15H2,1H3. The number of nitrogens with zero attached hydrogens (tertiary/aromatic N) is 3. The first-order chi connectivity index (χ1) is 9.61. The van der Waals surface area contributed by atoms with E-state index in [0.29, 0.717) is 45.3 Å². The molecule has 0 bridgehead atoms. The van der Waals surface area contributed by atoms with Crippen LogP contribution in [0.5, 0.6) is 0 Å². The van der Waals surface area contributed by atoms with Crippen molar-refractivity contribution < 1.29 is 9.59 Å². The number of nitrogens with two attached hydrogens (primary N) is 1. The number of rotatable bonds is 3. The highest BCUT2D eigenvalue weighted by atomic mass is 16.2. The molecule has 2 N–H and O–H groups in total. The van der Waals surface area contributed by atoms with Gasteiger partial charge in [-0.3, -0.25) is 14.5 Å². The number of piperidine rings is 1. The number of carbonyl (C=O) groups excluding carboxylic acids is 2. The van der Waals surface area contributed by atoms with Gasteiger partial charge in [-0.1, -0.05) is 6.42 Å². The summed E-state index contributed by atoms with van der Waals surface area (Å²) < 4.78 is 0. The second kappa shape index (κ2) is 7.04. The molecule has 2 saturated heterocycles. The van der Waals surface area contributed by atoms with Gasteiger partial charge < -0.3 is 15.5 Å². The fourth-order valence-corrected chi connectivity index (χ4v) is 3.08. The van der Waals surface area contributed by atoms with Crippen molar-refractivity contribution in [3.8, 4) is 0 Å². The van der Waals surface area contributed by atoms with E-state index in [1.165, 1.54) is 6.42 Å². The fraction of sp³-hybridized carbons (Fsp3) is 0.857. The zero-order valence-electron chi connectivity index (χ0n) is 12.4. The summed E-state index contributed by atoms with van der Waals surface area (Å²) in [6.45, 7) is 6.27. The Morgan fingerprint density at radius 1 is 1.05 bits per heavy atom. The van der Waals surface area contributed by atoms with Crippen molar-refractivity contribution in [1.29, 1.82) is 0 Å². The summed E-state index contributed by atoms with van der Waals surface area (Å²) in [6.07, 6.45) is 3.47. The van der Waals surface area contributed by atoms with Crippen LogP contribution < -0.4 is 5.73 Å². The number of likely N-dealkylation sites (tertiary alicyclic amines) is 1. The summed E-state index contributed by atoms with van der Waals surface area (Å²) >= 11 is 0. The third-order valence-electron chi connectivity index (χ3n) is 4.44. The monoisotopic (exact) mass is 282 g/mol. The molecular weight excluding hydrogens is 256 g/mol. The zero-order valence-corrected chi connectivity index (χ0v) is 12.4. The molecule has 2 amide bonds. The first-order valence-corrected chi connectivity index (χ1v) is 7.59. The normalized spacial score (nSPS) is 24.8. The van der Waals surface area contributed by atoms with Crippen LogP contribution in [0, 0.1) is 0 Å². The molecule has 2 fully saturated rings. The predicted molar refractivity (Wildman–Crippen MR) is 77.1 cm³/mol. The topological polar surface area (TPSA) is 69.9 Å². The molecular formula is C14H26N4O2. The van der Waals surface area contributed by atoms with Crippen LogP contribution in [0.1, 0.15) is 26.2 Å². The van der Waals surface area contributed by atoms with Crippen molar-refractivity contribution in [3.63, 3.8) is 0 Å². The third kappa shape index (κ3) is 3.70. The van der Waals surface area contributed by atoms with Gasteiger partial charge in [0.25, 0.3) is 0 Å². The molecule has 6 nitrogen and oxygen atoms in total. The maximum Gasteiger partial charge on any atom is 0.236 e. The van der Waals surface area contributed by atoms with Gasteiger partial charge in [0.2, 0.25) is 11.8 Å². The maximum absolute atomic E-state index is 12.3. The molecule has 2 rings (SSSR count). The molecule has 0 spiro atoms. The lowest BCUT2D eigenvalue weighted by molar-refractivity contribution is -0.139. The number of carbonyl (C=O) groups is 2. The van der Waals surface area contributed by atoms with E-state index in [-0.39, 0.29) is 11.8 Å². The molecule has 2 aliphatic rings. The summed E-state index contributed by atoms with van der Waals surface area (Å²) in [5, 5.41) is 0. The zero-order chi connectivity index (χ0) is 14.5. The van der Waals surface area contributed by atoms with E-state index in [1.54, 1.807) is 11.8 Å². The van der Waals surface area contributed by atoms with Gasteiger partial charge in [-0.15, -0.1) is 0 Å². The van der Waals surface area contributed by atoms with Crippen molar-refractivity contribution in [2.24, 2.45) is 5.73 Å². The van der Waals surface area contributed by atoms with Gasteiger partial charge in [0, 0.05) is 45.7 Å². The lowest BCUT2D eigenvalue weighted by Gasteiger charge is -2.38. The predicted octanol–water partition coefficient (Wildman–Crippen LogP) is -0.510. The van der Waals surface area contributed by atoms with Crippen LogP contribution in [0.3, 0.4) is 0 Å². The maximum atomic E-state index is 12.3. The lowest BCUT2D eigenvalue weighted by atomic mass is 10.0. The molecule has 0 aromatic heterocycles. The quantitative estimate of drug-likeness (QED) is 0.757. The van der Waals surface area contributed by atoms with Crippen molar-refractivity contribution in [3.05, 3.63) is 0 Å². The van der Waals surface area contributed by atoms with Crippen LogP contribution in [0.4, 0.5) is 0 Å². The molecule has 0 aromatic carbocycles. The van der Waals surface area contributed by atoms with Gasteiger partial charge in [0.1, 0.15) is 0 Å². The Morgan fingerprint density at radius 2 is 1.70 bits per heavy atom. The van der Waals surface area contributed by atoms with E-state index in [2.05, 4.69) is 4.90 Å². The van der Waals surface area contributed by atoms with Crippen LogP contribution in [-0.2, 0) is 9.59 Å². The molecule has 20 heavy (non-hydrogen) atoms. The largest absolute Gasteiger partial charge is 0.339 e. The number of piperazine rings is 1. The molecule has 1 unspecified atom stereocenters. The van der Waals surface area contributed by atoms with Gasteiger partial charge >= 0.3 is 0 Å². The summed E-state index contributed by atoms with van der Waals surface area (Å²) in [7, 11) is 0. The van der Waals surface area contributed by atoms with Crippen molar-refractivity contribution in [2.75, 3.05) is 45.8 Å². The summed E-state index contributed by atoms with van der Waals surface area (Å²) in [5.74, 6) is 0.268. The van der Waals surface area contributed by atoms with E-state index >= 15 is 0 Å². The summed E-state index contributed by atoms with van der Waals surface area (Å²) in [6, 6.07) is 0.353. The van der Waals surface area contributed by atoms with E-state index < -0.39 is 0 Å². The minimum Gasteiger partial charge on any atom is -0.339 e. The van der Waals surface area contributed by atoms with E-state index in [1.807, 2.05) is 4.90 Å². The Bertz CT molecular complexity index is 353. The van der Waals surface area contributed by atoms with Gasteiger partial charge in [-0.2, -0.15) is 0 Å². The molecule has 2 heterocycles. The van der Waals surface area contributed by atoms with Crippen LogP contribution in [-0.4, -0.2) is 78.4 Å². The highest BCUT2D eigenvalue weighted by Gasteiger charge is 2.27. The third-order valence-corrected chi connectivity index (χ3v) is 4.44. The minimum absolute atomic E-state index is 0.0938. The Kier molecular flexibility index (Phi) is 5.37. The van der Waals surface area contributed by atoms with E-state index in [0.717, 1.165) is 19.4 Å². The summed E-state index contributed by atoms with van der Waals surface area (Å²) in [4.78, 5) is 29.5.